The van der Waals surface area contributed by atoms with Gasteiger partial charge in [-0.3, -0.25) is 4.79 Å². The van der Waals surface area contributed by atoms with E-state index in [2.05, 4.69) is 15.3 Å². The smallest absolute Gasteiger partial charge is 0.234 e. The number of nitrogens with one attached hydrogen (secondary N) is 1. The van der Waals surface area contributed by atoms with E-state index in [1.165, 1.54) is 0 Å². The molecule has 0 aliphatic carbocycles. The molecule has 21 heavy (non-hydrogen) atoms. The lowest BCUT2D eigenvalue weighted by Crippen LogP contribution is -2.36. The van der Waals surface area contributed by atoms with E-state index in [0.29, 0.717) is 12.4 Å². The monoisotopic (exact) mass is 300 g/mol. The third kappa shape index (κ3) is 4.06. The van der Waals surface area contributed by atoms with Gasteiger partial charge in [-0.2, -0.15) is 0 Å². The van der Waals surface area contributed by atoms with Crippen LogP contribution in [0.1, 0.15) is 23.0 Å². The van der Waals surface area contributed by atoms with Crippen LogP contribution < -0.4 is 11.1 Å². The summed E-state index contributed by atoms with van der Waals surface area (Å²) in [5.41, 5.74) is 7.23. The van der Waals surface area contributed by atoms with Crippen LogP contribution >= 0.6 is 12.2 Å². The van der Waals surface area contributed by atoms with E-state index < -0.39 is 5.92 Å². The predicted octanol–water partition coefficient (Wildman–Crippen LogP) is 1.47. The normalized spacial score (nSPS) is 11.7. The molecule has 2 aromatic rings. The molecular weight excluding hydrogens is 284 g/mol. The second kappa shape index (κ2) is 6.90. The summed E-state index contributed by atoms with van der Waals surface area (Å²) in [7, 11) is 0. The number of thiocarbonyl (C=S) groups is 1. The van der Waals surface area contributed by atoms with Crippen molar-refractivity contribution in [1.82, 2.24) is 15.3 Å². The Bertz CT molecular complexity index is 645. The van der Waals surface area contributed by atoms with Gasteiger partial charge in [0, 0.05) is 6.20 Å². The van der Waals surface area contributed by atoms with E-state index in [9.17, 15) is 4.79 Å². The lowest BCUT2D eigenvalue weighted by Gasteiger charge is -2.15. The summed E-state index contributed by atoms with van der Waals surface area (Å²) < 4.78 is 0. The first-order chi connectivity index (χ1) is 10.1. The molecule has 0 fully saturated rings. The average molecular weight is 300 g/mol. The second-order valence-corrected chi connectivity index (χ2v) is 5.03. The molecule has 0 saturated carbocycles. The van der Waals surface area contributed by atoms with Crippen LogP contribution in [0.25, 0.3) is 0 Å². The molecule has 1 aromatic carbocycles. The number of hydrogen-bond acceptors (Lipinski definition) is 4. The fourth-order valence-corrected chi connectivity index (χ4v) is 2.22. The zero-order valence-electron chi connectivity index (χ0n) is 11.6. The van der Waals surface area contributed by atoms with Crippen LogP contribution in [-0.2, 0) is 11.3 Å². The molecule has 0 aliphatic heterocycles. The van der Waals surface area contributed by atoms with Crippen molar-refractivity contribution in [3.63, 3.8) is 0 Å². The number of benzene rings is 1. The van der Waals surface area contributed by atoms with Crippen LogP contribution in [0.4, 0.5) is 0 Å². The molecule has 0 bridgehead atoms. The Labute approximate surface area is 128 Å². The number of nitrogens with two attached hydrogens (primary N) is 1. The van der Waals surface area contributed by atoms with Gasteiger partial charge in [-0.15, -0.1) is 0 Å². The Hall–Kier alpha value is -2.34. The highest BCUT2D eigenvalue weighted by molar-refractivity contribution is 7.80. The third-order valence-electron chi connectivity index (χ3n) is 2.96. The molecular formula is C15H16N4OS. The van der Waals surface area contributed by atoms with E-state index in [1.807, 2.05) is 30.3 Å². The fourth-order valence-electron chi connectivity index (χ4n) is 1.97. The molecule has 5 nitrogen and oxygen atoms in total. The first-order valence-electron chi connectivity index (χ1n) is 6.48. The number of rotatable bonds is 5. The summed E-state index contributed by atoms with van der Waals surface area (Å²) in [4.78, 5) is 20.7. The van der Waals surface area contributed by atoms with Crippen molar-refractivity contribution in [3.8, 4) is 0 Å². The quantitative estimate of drug-likeness (QED) is 0.817. The van der Waals surface area contributed by atoms with Gasteiger partial charge >= 0.3 is 0 Å². The minimum atomic E-state index is -0.635. The summed E-state index contributed by atoms with van der Waals surface area (Å²) in [6, 6.07) is 11.0. The van der Waals surface area contributed by atoms with Gasteiger partial charge < -0.3 is 11.1 Å². The minimum absolute atomic E-state index is 0.151. The van der Waals surface area contributed by atoms with Crippen molar-refractivity contribution < 1.29 is 4.79 Å². The molecule has 6 heteroatoms. The van der Waals surface area contributed by atoms with Gasteiger partial charge in [-0.25, -0.2) is 9.97 Å². The lowest BCUT2D eigenvalue weighted by molar-refractivity contribution is -0.121. The summed E-state index contributed by atoms with van der Waals surface area (Å²) in [5, 5.41) is 2.81. The molecule has 0 aliphatic rings. The molecule has 0 saturated heterocycles. The lowest BCUT2D eigenvalue weighted by atomic mass is 9.98. The Morgan fingerprint density at radius 2 is 2.05 bits per heavy atom. The van der Waals surface area contributed by atoms with Gasteiger partial charge in [-0.1, -0.05) is 42.5 Å². The first-order valence-corrected chi connectivity index (χ1v) is 6.89. The molecule has 1 unspecified atom stereocenters. The third-order valence-corrected chi connectivity index (χ3v) is 3.19. The molecule has 0 spiro atoms. The van der Waals surface area contributed by atoms with Gasteiger partial charge in [0.05, 0.1) is 17.2 Å². The number of nitrogens with zero attached hydrogens (tertiary/aromatic N) is 2. The van der Waals surface area contributed by atoms with Crippen molar-refractivity contribution in [3.05, 3.63) is 59.7 Å². The Balaban J connectivity index is 2.08. The number of aryl methyl sites for hydroxylation is 1. The fraction of sp³-hybridized carbons (Fsp3) is 0.200. The van der Waals surface area contributed by atoms with Crippen molar-refractivity contribution >= 4 is 23.1 Å². The van der Waals surface area contributed by atoms with Crippen LogP contribution in [0.5, 0.6) is 0 Å². The zero-order chi connectivity index (χ0) is 15.2. The molecule has 1 aromatic heterocycles. The van der Waals surface area contributed by atoms with Crippen LogP contribution in [0.2, 0.25) is 0 Å². The van der Waals surface area contributed by atoms with E-state index in [4.69, 9.17) is 18.0 Å². The molecule has 2 rings (SSSR count). The van der Waals surface area contributed by atoms with Crippen molar-refractivity contribution in [2.75, 3.05) is 0 Å². The maximum absolute atomic E-state index is 12.3. The van der Waals surface area contributed by atoms with Gasteiger partial charge in [0.25, 0.3) is 0 Å². The first kappa shape index (κ1) is 15.1. The Morgan fingerprint density at radius 1 is 1.33 bits per heavy atom. The largest absolute Gasteiger partial charge is 0.392 e. The van der Waals surface area contributed by atoms with E-state index >= 15 is 0 Å². The van der Waals surface area contributed by atoms with Crippen LogP contribution in [0.15, 0.2) is 42.6 Å². The average Bonchev–Trinajstić information content (AvgIpc) is 2.46. The number of aromatic nitrogens is 2. The van der Waals surface area contributed by atoms with Gasteiger partial charge in [0.2, 0.25) is 5.91 Å². The maximum atomic E-state index is 12.3. The molecule has 0 radical (unpaired) electrons. The van der Waals surface area contributed by atoms with Crippen LogP contribution in [-0.4, -0.2) is 20.9 Å². The van der Waals surface area contributed by atoms with Crippen LogP contribution in [0, 0.1) is 6.92 Å². The van der Waals surface area contributed by atoms with Crippen molar-refractivity contribution in [2.45, 2.75) is 19.4 Å². The summed E-state index contributed by atoms with van der Waals surface area (Å²) in [6.07, 6.45) is 1.66. The number of carbonyl (C=O) groups excluding carboxylic acids is 1. The molecule has 3 N–H and O–H groups in total. The standard InChI is InChI=1S/C15H16N4OS/c1-10-17-8-7-12(19-10)9-18-15(20)13(14(16)21)11-5-3-2-4-6-11/h2-8,13H,9H2,1H3,(H2,16,21)(H,18,20). The minimum Gasteiger partial charge on any atom is -0.392 e. The Morgan fingerprint density at radius 3 is 2.67 bits per heavy atom. The summed E-state index contributed by atoms with van der Waals surface area (Å²) in [5.74, 6) is -0.204. The highest BCUT2D eigenvalue weighted by Gasteiger charge is 2.23. The SMILES string of the molecule is Cc1nccc(CNC(=O)C(C(N)=S)c2ccccc2)n1. The topological polar surface area (TPSA) is 80.9 Å². The number of carbonyl (C=O) groups is 1. The van der Waals surface area contributed by atoms with Gasteiger partial charge in [0.1, 0.15) is 11.7 Å². The zero-order valence-corrected chi connectivity index (χ0v) is 12.4. The summed E-state index contributed by atoms with van der Waals surface area (Å²) >= 11 is 5.02. The maximum Gasteiger partial charge on any atom is 0.234 e. The van der Waals surface area contributed by atoms with Gasteiger partial charge in [-0.05, 0) is 18.6 Å². The van der Waals surface area contributed by atoms with E-state index in [-0.39, 0.29) is 10.9 Å². The molecule has 1 amide bonds. The van der Waals surface area contributed by atoms with Crippen molar-refractivity contribution in [1.29, 1.82) is 0 Å². The second-order valence-electron chi connectivity index (χ2n) is 4.56. The highest BCUT2D eigenvalue weighted by Crippen LogP contribution is 2.16. The molecule has 108 valence electrons. The number of hydrogen-bond donors (Lipinski definition) is 2. The Kier molecular flexibility index (Phi) is 4.94. The highest BCUT2D eigenvalue weighted by atomic mass is 32.1. The molecule has 1 heterocycles. The number of amides is 1. The van der Waals surface area contributed by atoms with Crippen LogP contribution in [0.3, 0.4) is 0 Å². The predicted molar refractivity (Wildman–Crippen MR) is 84.6 cm³/mol. The van der Waals surface area contributed by atoms with E-state index in [0.717, 1.165) is 11.3 Å². The summed E-state index contributed by atoms with van der Waals surface area (Å²) in [6.45, 7) is 2.11. The molecule has 1 atom stereocenters. The van der Waals surface area contributed by atoms with Crippen molar-refractivity contribution in [2.24, 2.45) is 5.73 Å². The van der Waals surface area contributed by atoms with Gasteiger partial charge in [0.15, 0.2) is 0 Å². The van der Waals surface area contributed by atoms with E-state index in [1.54, 1.807) is 19.2 Å².